The highest BCUT2D eigenvalue weighted by Crippen LogP contribution is 2.47. The van der Waals surface area contributed by atoms with Crippen LogP contribution in [0.25, 0.3) is 10.6 Å². The highest BCUT2D eigenvalue weighted by molar-refractivity contribution is 8.18. The molecule has 0 aromatic heterocycles. The average molecular weight is 307 g/mol. The van der Waals surface area contributed by atoms with Crippen molar-refractivity contribution in [3.8, 4) is 0 Å². The summed E-state index contributed by atoms with van der Waals surface area (Å²) in [5.74, 6) is 0. The molecule has 0 bridgehead atoms. The van der Waals surface area contributed by atoms with E-state index in [2.05, 4.69) is 60.7 Å². The summed E-state index contributed by atoms with van der Waals surface area (Å²) >= 11 is 0. The van der Waals surface area contributed by atoms with Crippen LogP contribution >= 0.6 is 10.5 Å². The third-order valence-electron chi connectivity index (χ3n) is 4.65. The Morgan fingerprint density at radius 3 is 2.32 bits per heavy atom. The number of nitrogens with two attached hydrogens (primary N) is 1. The number of benzene rings is 2. The molecule has 1 saturated carbocycles. The van der Waals surface area contributed by atoms with Gasteiger partial charge in [0.15, 0.2) is 0 Å². The van der Waals surface area contributed by atoms with Crippen LogP contribution in [0.5, 0.6) is 0 Å². The first-order valence-electron chi connectivity index (χ1n) is 8.06. The maximum Gasteiger partial charge on any atom is 0.0410 e. The molecule has 2 aromatic rings. The Bertz CT molecular complexity index is 843. The molecule has 1 unspecified atom stereocenters. The Hall–Kier alpha value is -1.80. The van der Waals surface area contributed by atoms with Gasteiger partial charge < -0.3 is 5.73 Å². The minimum Gasteiger partial charge on any atom is -0.398 e. The number of hydrogen-bond acceptors (Lipinski definition) is 1. The van der Waals surface area contributed by atoms with Gasteiger partial charge in [-0.3, -0.25) is 0 Å². The van der Waals surface area contributed by atoms with Gasteiger partial charge in [0.05, 0.1) is 0 Å². The molecule has 0 spiro atoms. The number of fused-ring (bicyclic) bond motifs is 1. The summed E-state index contributed by atoms with van der Waals surface area (Å²) in [5, 5.41) is 2.03. The molecule has 2 aliphatic rings. The Morgan fingerprint density at radius 2 is 1.55 bits per heavy atom. The van der Waals surface area contributed by atoms with Gasteiger partial charge in [0, 0.05) is 25.6 Å². The molecule has 0 saturated heterocycles. The van der Waals surface area contributed by atoms with Gasteiger partial charge in [-0.1, -0.05) is 61.4 Å². The second-order valence-corrected chi connectivity index (χ2v) is 8.29. The van der Waals surface area contributed by atoms with Crippen LogP contribution in [0.2, 0.25) is 0 Å². The zero-order valence-corrected chi connectivity index (χ0v) is 13.5. The normalized spacial score (nSPS) is 21.5. The molecule has 4 rings (SSSR count). The van der Waals surface area contributed by atoms with Gasteiger partial charge in [-0.2, -0.15) is 0 Å². The van der Waals surface area contributed by atoms with E-state index in [9.17, 15) is 0 Å². The number of hydrogen-bond donors (Lipinski definition) is 1. The summed E-state index contributed by atoms with van der Waals surface area (Å²) < 4.78 is 1.45. The standard InChI is InChI=1S/C20H21NS/c21-18-14-20(15-8-2-1-3-9-15)22(16-10-4-5-11-16)19-13-7-6-12-17(18)19/h1-3,6-9,12-14,16H,4-5,10-11,21H2. The van der Waals surface area contributed by atoms with E-state index in [-0.39, 0.29) is 10.5 Å². The quantitative estimate of drug-likeness (QED) is 0.824. The molecule has 1 aliphatic carbocycles. The van der Waals surface area contributed by atoms with E-state index in [1.807, 2.05) is 0 Å². The predicted octanol–water partition coefficient (Wildman–Crippen LogP) is 4.27. The lowest BCUT2D eigenvalue weighted by molar-refractivity contribution is 0.886. The maximum atomic E-state index is 6.38. The molecule has 0 radical (unpaired) electrons. The van der Waals surface area contributed by atoms with E-state index in [4.69, 9.17) is 5.73 Å². The first kappa shape index (κ1) is 13.8. The molecule has 2 N–H and O–H groups in total. The van der Waals surface area contributed by atoms with Gasteiger partial charge in [0.25, 0.3) is 0 Å². The molecule has 112 valence electrons. The smallest absolute Gasteiger partial charge is 0.0410 e. The third kappa shape index (κ3) is 2.32. The molecule has 1 aliphatic heterocycles. The van der Waals surface area contributed by atoms with Gasteiger partial charge in [-0.05, 0) is 30.5 Å². The van der Waals surface area contributed by atoms with Crippen molar-refractivity contribution < 1.29 is 0 Å². The topological polar surface area (TPSA) is 26.0 Å². The van der Waals surface area contributed by atoms with Crippen LogP contribution in [0.3, 0.4) is 0 Å². The Kier molecular flexibility index (Phi) is 3.63. The Balaban J connectivity index is 2.02. The van der Waals surface area contributed by atoms with Gasteiger partial charge >= 0.3 is 0 Å². The van der Waals surface area contributed by atoms with Crippen LogP contribution in [0.1, 0.15) is 31.2 Å². The fraction of sp³-hybridized carbons (Fsp3) is 0.250. The lowest BCUT2D eigenvalue weighted by Gasteiger charge is -2.24. The van der Waals surface area contributed by atoms with Crippen molar-refractivity contribution in [3.63, 3.8) is 0 Å². The molecule has 2 heteroatoms. The minimum atomic E-state index is 0.156. The van der Waals surface area contributed by atoms with Crippen molar-refractivity contribution in [1.82, 2.24) is 0 Å². The van der Waals surface area contributed by atoms with Gasteiger partial charge in [-0.15, -0.1) is 10.5 Å². The maximum absolute atomic E-state index is 6.38. The molecule has 22 heavy (non-hydrogen) atoms. The molecule has 1 fully saturated rings. The SMILES string of the molecule is NC1=c2ccccc2=S(C2CCCC2)C(c2ccccc2)=C1. The highest BCUT2D eigenvalue weighted by Gasteiger charge is 2.24. The second-order valence-electron chi connectivity index (χ2n) is 6.07. The summed E-state index contributed by atoms with van der Waals surface area (Å²) in [4.78, 5) is 1.43. The molecule has 2 aromatic carbocycles. The van der Waals surface area contributed by atoms with Crippen LogP contribution in [0, 0.1) is 4.51 Å². The largest absolute Gasteiger partial charge is 0.398 e. The van der Waals surface area contributed by atoms with Crippen molar-refractivity contribution >= 4 is 21.1 Å². The highest BCUT2D eigenvalue weighted by atomic mass is 32.2. The van der Waals surface area contributed by atoms with Crippen LogP contribution < -0.4 is 11.0 Å². The van der Waals surface area contributed by atoms with E-state index < -0.39 is 0 Å². The summed E-state index contributed by atoms with van der Waals surface area (Å²) in [7, 11) is 0.156. The minimum absolute atomic E-state index is 0.156. The fourth-order valence-electron chi connectivity index (χ4n) is 3.59. The van der Waals surface area contributed by atoms with E-state index in [0.29, 0.717) is 0 Å². The van der Waals surface area contributed by atoms with Crippen molar-refractivity contribution in [3.05, 3.63) is 76.0 Å². The zero-order valence-electron chi connectivity index (χ0n) is 12.7. The summed E-state index contributed by atoms with van der Waals surface area (Å²) in [5.41, 5.74) is 8.62. The predicted molar refractivity (Wildman–Crippen MR) is 96.8 cm³/mol. The fourth-order valence-corrected chi connectivity index (χ4v) is 6.65. The molecule has 1 nitrogen and oxygen atoms in total. The summed E-state index contributed by atoms with van der Waals surface area (Å²) in [6.07, 6.45) is 7.68. The first-order valence-corrected chi connectivity index (χ1v) is 9.35. The lowest BCUT2D eigenvalue weighted by Crippen LogP contribution is -2.18. The molecular weight excluding hydrogens is 286 g/mol. The van der Waals surface area contributed by atoms with Crippen molar-refractivity contribution in [2.45, 2.75) is 30.9 Å². The lowest BCUT2D eigenvalue weighted by atomic mass is 10.1. The van der Waals surface area contributed by atoms with Crippen LogP contribution in [-0.2, 0) is 0 Å². The first-order chi connectivity index (χ1) is 10.8. The summed E-state index contributed by atoms with van der Waals surface area (Å²) in [6.45, 7) is 0. The van der Waals surface area contributed by atoms with E-state index in [0.717, 1.165) is 10.9 Å². The Labute approximate surface area is 134 Å². The molecule has 1 heterocycles. The van der Waals surface area contributed by atoms with Gasteiger partial charge in [0.2, 0.25) is 0 Å². The molecule has 1 atom stereocenters. The summed E-state index contributed by atoms with van der Waals surface area (Å²) in [6, 6.07) is 19.5. The van der Waals surface area contributed by atoms with Gasteiger partial charge in [0.1, 0.15) is 0 Å². The van der Waals surface area contributed by atoms with Crippen LogP contribution in [-0.4, -0.2) is 5.25 Å². The van der Waals surface area contributed by atoms with Crippen molar-refractivity contribution in [1.29, 1.82) is 0 Å². The number of rotatable bonds is 2. The Morgan fingerprint density at radius 1 is 0.864 bits per heavy atom. The van der Waals surface area contributed by atoms with E-state index >= 15 is 0 Å². The van der Waals surface area contributed by atoms with Crippen molar-refractivity contribution in [2.24, 2.45) is 5.73 Å². The second kappa shape index (κ2) is 5.77. The van der Waals surface area contributed by atoms with Gasteiger partial charge in [-0.25, -0.2) is 0 Å². The molecule has 0 amide bonds. The average Bonchev–Trinajstić information content (AvgIpc) is 3.10. The van der Waals surface area contributed by atoms with E-state index in [1.54, 1.807) is 0 Å². The van der Waals surface area contributed by atoms with E-state index in [1.165, 1.54) is 45.9 Å². The molecular formula is C20H21NS. The van der Waals surface area contributed by atoms with Crippen LogP contribution in [0.4, 0.5) is 0 Å². The van der Waals surface area contributed by atoms with Crippen molar-refractivity contribution in [2.75, 3.05) is 0 Å². The third-order valence-corrected chi connectivity index (χ3v) is 7.45. The zero-order chi connectivity index (χ0) is 14.9. The van der Waals surface area contributed by atoms with Crippen LogP contribution in [0.15, 0.2) is 60.7 Å². The monoisotopic (exact) mass is 307 g/mol.